The molecule has 1 atom stereocenters. The van der Waals surface area contributed by atoms with Crippen LogP contribution in [0.25, 0.3) is 0 Å². The van der Waals surface area contributed by atoms with Crippen molar-refractivity contribution >= 4 is 0 Å². The number of aliphatic hydroxyl groups excluding tert-OH is 1. The molecule has 1 rings (SSSR count). The van der Waals surface area contributed by atoms with E-state index in [0.29, 0.717) is 6.04 Å². The highest BCUT2D eigenvalue weighted by Crippen LogP contribution is 2.03. The molecular weight excluding hydrogens is 214 g/mol. The number of β-amino-alcohol motifs (C(OH)–C–C–N with tert-alkyl or cyclic N) is 1. The summed E-state index contributed by atoms with van der Waals surface area (Å²) in [5, 5.41) is 13.5. The number of hydrogen-bond donors (Lipinski definition) is 2. The largest absolute Gasteiger partial charge is 0.390 e. The fourth-order valence-electron chi connectivity index (χ4n) is 2.37. The molecule has 1 aliphatic rings. The van der Waals surface area contributed by atoms with E-state index in [9.17, 15) is 5.11 Å². The summed E-state index contributed by atoms with van der Waals surface area (Å²) in [5.74, 6) is 0. The van der Waals surface area contributed by atoms with Crippen LogP contribution >= 0.6 is 0 Å². The normalized spacial score (nSPS) is 20.1. The molecule has 4 heteroatoms. The van der Waals surface area contributed by atoms with Gasteiger partial charge in [0.25, 0.3) is 0 Å². The average molecular weight is 243 g/mol. The molecule has 0 spiro atoms. The zero-order chi connectivity index (χ0) is 12.7. The van der Waals surface area contributed by atoms with Gasteiger partial charge in [0.15, 0.2) is 0 Å². The summed E-state index contributed by atoms with van der Waals surface area (Å²) in [5.41, 5.74) is 0. The van der Waals surface area contributed by atoms with Crippen molar-refractivity contribution in [2.24, 2.45) is 0 Å². The molecule has 17 heavy (non-hydrogen) atoms. The maximum atomic E-state index is 10.1. The number of piperazine rings is 1. The van der Waals surface area contributed by atoms with Crippen molar-refractivity contribution in [2.45, 2.75) is 39.3 Å². The fourth-order valence-corrected chi connectivity index (χ4v) is 2.37. The predicted octanol–water partition coefficient (Wildman–Crippen LogP) is 0.373. The highest BCUT2D eigenvalue weighted by molar-refractivity contribution is 4.74. The van der Waals surface area contributed by atoms with Crippen LogP contribution in [0.5, 0.6) is 0 Å². The Morgan fingerprint density at radius 1 is 1.29 bits per heavy atom. The Morgan fingerprint density at radius 2 is 1.94 bits per heavy atom. The Bertz CT molecular complexity index is 193. The van der Waals surface area contributed by atoms with E-state index in [4.69, 9.17) is 0 Å². The summed E-state index contributed by atoms with van der Waals surface area (Å²) in [6.07, 6.45) is 0.931. The summed E-state index contributed by atoms with van der Waals surface area (Å²) < 4.78 is 0. The van der Waals surface area contributed by atoms with Gasteiger partial charge < -0.3 is 10.4 Å². The summed E-state index contributed by atoms with van der Waals surface area (Å²) >= 11 is 0. The number of nitrogens with zero attached hydrogens (tertiary/aromatic N) is 2. The van der Waals surface area contributed by atoms with E-state index >= 15 is 0 Å². The Morgan fingerprint density at radius 3 is 2.47 bits per heavy atom. The van der Waals surface area contributed by atoms with Crippen LogP contribution < -0.4 is 5.32 Å². The minimum atomic E-state index is -0.220. The first-order valence-electron chi connectivity index (χ1n) is 6.98. The van der Waals surface area contributed by atoms with Crippen LogP contribution in [0.3, 0.4) is 0 Å². The SMILES string of the molecule is CCCN(CC(O)CN1CCNCC1)C(C)C. The molecule has 0 aliphatic carbocycles. The molecule has 0 aromatic rings. The van der Waals surface area contributed by atoms with Gasteiger partial charge in [0.2, 0.25) is 0 Å². The topological polar surface area (TPSA) is 38.7 Å². The smallest absolute Gasteiger partial charge is 0.0793 e. The summed E-state index contributed by atoms with van der Waals surface area (Å²) in [6, 6.07) is 0.521. The van der Waals surface area contributed by atoms with Gasteiger partial charge in [-0.3, -0.25) is 9.80 Å². The first kappa shape index (κ1) is 14.9. The average Bonchev–Trinajstić information content (AvgIpc) is 2.29. The van der Waals surface area contributed by atoms with Crippen LogP contribution in [0.15, 0.2) is 0 Å². The van der Waals surface area contributed by atoms with Gasteiger partial charge in [-0.05, 0) is 26.8 Å². The van der Waals surface area contributed by atoms with E-state index in [1.165, 1.54) is 0 Å². The van der Waals surface area contributed by atoms with E-state index in [1.54, 1.807) is 0 Å². The third-order valence-electron chi connectivity index (χ3n) is 3.36. The Hall–Kier alpha value is -0.160. The Balaban J connectivity index is 2.27. The zero-order valence-electron chi connectivity index (χ0n) is 11.7. The molecule has 2 N–H and O–H groups in total. The van der Waals surface area contributed by atoms with Crippen LogP contribution in [-0.4, -0.2) is 72.9 Å². The summed E-state index contributed by atoms with van der Waals surface area (Å²) in [6.45, 7) is 13.5. The van der Waals surface area contributed by atoms with Gasteiger partial charge >= 0.3 is 0 Å². The molecule has 1 saturated heterocycles. The van der Waals surface area contributed by atoms with Crippen molar-refractivity contribution < 1.29 is 5.11 Å². The molecule has 1 heterocycles. The summed E-state index contributed by atoms with van der Waals surface area (Å²) in [7, 11) is 0. The quantitative estimate of drug-likeness (QED) is 0.678. The van der Waals surface area contributed by atoms with Crippen LogP contribution in [0.2, 0.25) is 0 Å². The monoisotopic (exact) mass is 243 g/mol. The molecule has 1 unspecified atom stereocenters. The van der Waals surface area contributed by atoms with E-state index in [1.807, 2.05) is 0 Å². The zero-order valence-corrected chi connectivity index (χ0v) is 11.7. The molecule has 4 nitrogen and oxygen atoms in total. The van der Waals surface area contributed by atoms with E-state index in [-0.39, 0.29) is 6.10 Å². The maximum Gasteiger partial charge on any atom is 0.0793 e. The minimum Gasteiger partial charge on any atom is -0.390 e. The van der Waals surface area contributed by atoms with Crippen molar-refractivity contribution in [3.63, 3.8) is 0 Å². The van der Waals surface area contributed by atoms with E-state index < -0.39 is 0 Å². The number of hydrogen-bond acceptors (Lipinski definition) is 4. The molecule has 102 valence electrons. The molecule has 0 amide bonds. The Labute approximate surface area is 106 Å². The van der Waals surface area contributed by atoms with Gasteiger partial charge in [0.1, 0.15) is 0 Å². The second-order valence-electron chi connectivity index (χ2n) is 5.29. The van der Waals surface area contributed by atoms with Gasteiger partial charge in [-0.2, -0.15) is 0 Å². The number of rotatable bonds is 7. The van der Waals surface area contributed by atoms with Gasteiger partial charge in [-0.1, -0.05) is 6.92 Å². The van der Waals surface area contributed by atoms with Crippen LogP contribution in [0.1, 0.15) is 27.2 Å². The lowest BCUT2D eigenvalue weighted by atomic mass is 10.2. The minimum absolute atomic E-state index is 0.220. The lowest BCUT2D eigenvalue weighted by molar-refractivity contribution is 0.0592. The van der Waals surface area contributed by atoms with Crippen molar-refractivity contribution in [1.82, 2.24) is 15.1 Å². The number of nitrogens with one attached hydrogen (secondary N) is 1. The first-order valence-corrected chi connectivity index (χ1v) is 6.98. The lowest BCUT2D eigenvalue weighted by Gasteiger charge is -2.32. The molecule has 0 aromatic carbocycles. The van der Waals surface area contributed by atoms with Crippen LogP contribution in [-0.2, 0) is 0 Å². The molecule has 0 bridgehead atoms. The second-order valence-corrected chi connectivity index (χ2v) is 5.29. The molecule has 0 radical (unpaired) electrons. The highest BCUT2D eigenvalue weighted by atomic mass is 16.3. The third-order valence-corrected chi connectivity index (χ3v) is 3.36. The lowest BCUT2D eigenvalue weighted by Crippen LogP contribution is -2.49. The summed E-state index contributed by atoms with van der Waals surface area (Å²) in [4.78, 5) is 4.72. The standard InChI is InChI=1S/C13H29N3O/c1-4-7-16(12(2)3)11-13(17)10-15-8-5-14-6-9-15/h12-14,17H,4-11H2,1-3H3. The number of aliphatic hydroxyl groups is 1. The fraction of sp³-hybridized carbons (Fsp3) is 1.00. The first-order chi connectivity index (χ1) is 8.13. The van der Waals surface area contributed by atoms with Crippen LogP contribution in [0.4, 0.5) is 0 Å². The van der Waals surface area contributed by atoms with Gasteiger partial charge in [0, 0.05) is 45.3 Å². The molecule has 0 aromatic heterocycles. The van der Waals surface area contributed by atoms with Gasteiger partial charge in [-0.15, -0.1) is 0 Å². The van der Waals surface area contributed by atoms with Gasteiger partial charge in [-0.25, -0.2) is 0 Å². The predicted molar refractivity (Wildman–Crippen MR) is 72.3 cm³/mol. The van der Waals surface area contributed by atoms with E-state index in [0.717, 1.165) is 52.2 Å². The Kier molecular flexibility index (Phi) is 7.04. The van der Waals surface area contributed by atoms with Crippen molar-refractivity contribution in [3.8, 4) is 0 Å². The molecular formula is C13H29N3O. The van der Waals surface area contributed by atoms with Crippen molar-refractivity contribution in [1.29, 1.82) is 0 Å². The second kappa shape index (κ2) is 8.03. The highest BCUT2D eigenvalue weighted by Gasteiger charge is 2.18. The van der Waals surface area contributed by atoms with Crippen molar-refractivity contribution in [3.05, 3.63) is 0 Å². The van der Waals surface area contributed by atoms with E-state index in [2.05, 4.69) is 35.9 Å². The molecule has 1 aliphatic heterocycles. The van der Waals surface area contributed by atoms with Gasteiger partial charge in [0.05, 0.1) is 6.10 Å². The van der Waals surface area contributed by atoms with Crippen LogP contribution in [0, 0.1) is 0 Å². The third kappa shape index (κ3) is 5.82. The van der Waals surface area contributed by atoms with Crippen molar-refractivity contribution in [2.75, 3.05) is 45.8 Å². The maximum absolute atomic E-state index is 10.1. The molecule has 1 fully saturated rings. The molecule has 0 saturated carbocycles.